The van der Waals surface area contributed by atoms with Crippen LogP contribution < -0.4 is 5.32 Å². The standard InChI is InChI=1S/C12H14N4O/c1-10(17)15-12-8-3-2-6-11(12)7-4-5-9-14-16-13/h2-4,6-8H,5,9H2,1H3,(H,15,17). The summed E-state index contributed by atoms with van der Waals surface area (Å²) >= 11 is 0. The third-order valence-electron chi connectivity index (χ3n) is 2.03. The number of para-hydroxylation sites is 1. The minimum atomic E-state index is -0.0973. The van der Waals surface area contributed by atoms with Crippen LogP contribution in [0.1, 0.15) is 18.9 Å². The third-order valence-corrected chi connectivity index (χ3v) is 2.03. The minimum absolute atomic E-state index is 0.0973. The summed E-state index contributed by atoms with van der Waals surface area (Å²) in [5.41, 5.74) is 9.82. The summed E-state index contributed by atoms with van der Waals surface area (Å²) in [4.78, 5) is 13.7. The van der Waals surface area contributed by atoms with Crippen LogP contribution in [0.4, 0.5) is 5.69 Å². The van der Waals surface area contributed by atoms with Gasteiger partial charge in [0.05, 0.1) is 0 Å². The van der Waals surface area contributed by atoms with E-state index >= 15 is 0 Å². The van der Waals surface area contributed by atoms with Crippen molar-refractivity contribution in [2.24, 2.45) is 5.11 Å². The Morgan fingerprint density at radius 2 is 2.29 bits per heavy atom. The lowest BCUT2D eigenvalue weighted by Gasteiger charge is -2.05. The summed E-state index contributed by atoms with van der Waals surface area (Å²) in [6.07, 6.45) is 4.49. The molecule has 0 aliphatic heterocycles. The number of carbonyl (C=O) groups is 1. The zero-order valence-corrected chi connectivity index (χ0v) is 9.63. The molecule has 5 nitrogen and oxygen atoms in total. The molecule has 0 saturated heterocycles. The summed E-state index contributed by atoms with van der Waals surface area (Å²) in [7, 11) is 0. The van der Waals surface area contributed by atoms with Crippen LogP contribution in [0.5, 0.6) is 0 Å². The van der Waals surface area contributed by atoms with Gasteiger partial charge in [0.2, 0.25) is 5.91 Å². The Labute approximate surface area is 99.8 Å². The first-order chi connectivity index (χ1) is 8.24. The molecule has 1 aromatic rings. The largest absolute Gasteiger partial charge is 0.326 e. The van der Waals surface area contributed by atoms with E-state index in [1.807, 2.05) is 36.4 Å². The van der Waals surface area contributed by atoms with Crippen LogP contribution in [0.25, 0.3) is 16.5 Å². The molecule has 1 aromatic carbocycles. The maximum absolute atomic E-state index is 11.0. The van der Waals surface area contributed by atoms with E-state index < -0.39 is 0 Å². The lowest BCUT2D eigenvalue weighted by Crippen LogP contribution is -2.06. The molecule has 0 unspecified atom stereocenters. The number of hydrogen-bond acceptors (Lipinski definition) is 2. The van der Waals surface area contributed by atoms with Crippen LogP contribution in [0, 0.1) is 0 Å². The average molecular weight is 230 g/mol. The molecule has 17 heavy (non-hydrogen) atoms. The zero-order chi connectivity index (χ0) is 12.5. The fourth-order valence-corrected chi connectivity index (χ4v) is 1.33. The van der Waals surface area contributed by atoms with Crippen molar-refractivity contribution < 1.29 is 4.79 Å². The Morgan fingerprint density at radius 3 is 3.00 bits per heavy atom. The molecule has 88 valence electrons. The van der Waals surface area contributed by atoms with Crippen molar-refractivity contribution in [2.45, 2.75) is 13.3 Å². The second-order valence-electron chi connectivity index (χ2n) is 3.41. The number of hydrogen-bond donors (Lipinski definition) is 1. The van der Waals surface area contributed by atoms with E-state index in [2.05, 4.69) is 15.3 Å². The van der Waals surface area contributed by atoms with Gasteiger partial charge in [0, 0.05) is 24.1 Å². The maximum Gasteiger partial charge on any atom is 0.221 e. The van der Waals surface area contributed by atoms with Crippen molar-refractivity contribution in [3.63, 3.8) is 0 Å². The van der Waals surface area contributed by atoms with Crippen molar-refractivity contribution in [2.75, 3.05) is 11.9 Å². The Hall–Kier alpha value is -2.26. The summed E-state index contributed by atoms with van der Waals surface area (Å²) in [5.74, 6) is -0.0973. The highest BCUT2D eigenvalue weighted by atomic mass is 16.1. The minimum Gasteiger partial charge on any atom is -0.326 e. The van der Waals surface area contributed by atoms with Crippen LogP contribution in [0.3, 0.4) is 0 Å². The van der Waals surface area contributed by atoms with E-state index in [-0.39, 0.29) is 5.91 Å². The van der Waals surface area contributed by atoms with Gasteiger partial charge in [-0.2, -0.15) is 0 Å². The van der Waals surface area contributed by atoms with Crippen molar-refractivity contribution in [1.29, 1.82) is 0 Å². The molecule has 0 aromatic heterocycles. The zero-order valence-electron chi connectivity index (χ0n) is 9.63. The molecule has 0 saturated carbocycles. The van der Waals surface area contributed by atoms with E-state index in [4.69, 9.17) is 5.53 Å². The van der Waals surface area contributed by atoms with Gasteiger partial charge in [-0.15, -0.1) is 0 Å². The summed E-state index contributed by atoms with van der Waals surface area (Å²) in [5, 5.41) is 6.19. The van der Waals surface area contributed by atoms with Gasteiger partial charge in [0.1, 0.15) is 0 Å². The number of nitrogens with zero attached hydrogens (tertiary/aromatic N) is 3. The fourth-order valence-electron chi connectivity index (χ4n) is 1.33. The maximum atomic E-state index is 11.0. The monoisotopic (exact) mass is 230 g/mol. The van der Waals surface area contributed by atoms with E-state index in [1.165, 1.54) is 6.92 Å². The molecule has 0 heterocycles. The van der Waals surface area contributed by atoms with Crippen molar-refractivity contribution in [1.82, 2.24) is 0 Å². The number of rotatable bonds is 5. The summed E-state index contributed by atoms with van der Waals surface area (Å²) in [6.45, 7) is 1.91. The highest BCUT2D eigenvalue weighted by Gasteiger charge is 1.99. The lowest BCUT2D eigenvalue weighted by molar-refractivity contribution is -0.114. The van der Waals surface area contributed by atoms with Gasteiger partial charge in [-0.3, -0.25) is 4.79 Å². The van der Waals surface area contributed by atoms with Gasteiger partial charge in [-0.1, -0.05) is 35.5 Å². The smallest absolute Gasteiger partial charge is 0.221 e. The predicted octanol–water partition coefficient (Wildman–Crippen LogP) is 3.36. The number of carbonyl (C=O) groups excluding carboxylic acids is 1. The summed E-state index contributed by atoms with van der Waals surface area (Å²) < 4.78 is 0. The first-order valence-corrected chi connectivity index (χ1v) is 5.28. The van der Waals surface area contributed by atoms with Crippen molar-refractivity contribution in [3.05, 3.63) is 46.3 Å². The van der Waals surface area contributed by atoms with Crippen LogP contribution in [0.2, 0.25) is 0 Å². The fraction of sp³-hybridized carbons (Fsp3) is 0.250. The van der Waals surface area contributed by atoms with Gasteiger partial charge in [0.25, 0.3) is 0 Å². The molecule has 0 bridgehead atoms. The molecule has 1 amide bonds. The van der Waals surface area contributed by atoms with Crippen molar-refractivity contribution in [3.8, 4) is 0 Å². The van der Waals surface area contributed by atoms with E-state index in [0.717, 1.165) is 11.3 Å². The molecule has 0 radical (unpaired) electrons. The third kappa shape index (κ3) is 4.86. The molecule has 0 aliphatic carbocycles. The van der Waals surface area contributed by atoms with Gasteiger partial charge in [-0.05, 0) is 23.6 Å². The van der Waals surface area contributed by atoms with E-state index in [1.54, 1.807) is 0 Å². The number of anilines is 1. The molecule has 0 aliphatic rings. The Balaban J connectivity index is 2.69. The normalized spacial score (nSPS) is 9.94. The molecular formula is C12H14N4O. The van der Waals surface area contributed by atoms with Crippen LogP contribution >= 0.6 is 0 Å². The first kappa shape index (κ1) is 12.8. The van der Waals surface area contributed by atoms with Crippen LogP contribution in [-0.4, -0.2) is 12.5 Å². The Kier molecular flexibility index (Phi) is 5.34. The topological polar surface area (TPSA) is 77.9 Å². The van der Waals surface area contributed by atoms with Crippen LogP contribution in [0.15, 0.2) is 35.5 Å². The molecule has 5 heteroatoms. The number of azide groups is 1. The first-order valence-electron chi connectivity index (χ1n) is 5.28. The molecule has 0 atom stereocenters. The summed E-state index contributed by atoms with van der Waals surface area (Å²) in [6, 6.07) is 7.52. The predicted molar refractivity (Wildman–Crippen MR) is 68.4 cm³/mol. The molecule has 1 rings (SSSR count). The highest BCUT2D eigenvalue weighted by molar-refractivity contribution is 5.91. The quantitative estimate of drug-likeness (QED) is 0.358. The van der Waals surface area contributed by atoms with E-state index in [9.17, 15) is 4.79 Å². The highest BCUT2D eigenvalue weighted by Crippen LogP contribution is 2.16. The SMILES string of the molecule is CC(=O)Nc1ccccc1C=CCCN=[N+]=[N-]. The number of nitrogens with one attached hydrogen (secondary N) is 1. The van der Waals surface area contributed by atoms with Crippen LogP contribution in [-0.2, 0) is 4.79 Å². The molecular weight excluding hydrogens is 216 g/mol. The second kappa shape index (κ2) is 7.09. The van der Waals surface area contributed by atoms with Gasteiger partial charge in [0.15, 0.2) is 0 Å². The molecule has 1 N–H and O–H groups in total. The Morgan fingerprint density at radius 1 is 1.53 bits per heavy atom. The lowest BCUT2D eigenvalue weighted by atomic mass is 10.1. The van der Waals surface area contributed by atoms with Gasteiger partial charge < -0.3 is 5.32 Å². The average Bonchev–Trinajstić information content (AvgIpc) is 2.30. The van der Waals surface area contributed by atoms with Gasteiger partial charge >= 0.3 is 0 Å². The second-order valence-corrected chi connectivity index (χ2v) is 3.41. The number of amides is 1. The van der Waals surface area contributed by atoms with E-state index in [0.29, 0.717) is 13.0 Å². The Bertz CT molecular complexity index is 461. The van der Waals surface area contributed by atoms with Gasteiger partial charge in [-0.25, -0.2) is 0 Å². The van der Waals surface area contributed by atoms with Crippen molar-refractivity contribution >= 4 is 17.7 Å². The number of benzene rings is 1. The molecule has 0 spiro atoms. The molecule has 0 fully saturated rings.